The Morgan fingerprint density at radius 2 is 1.87 bits per heavy atom. The lowest BCUT2D eigenvalue weighted by Crippen LogP contribution is -2.14. The van der Waals surface area contributed by atoms with Crippen LogP contribution in [0.3, 0.4) is 0 Å². The third-order valence-electron chi connectivity index (χ3n) is 6.32. The Hall–Kier alpha value is -4.43. The third-order valence-corrected chi connectivity index (χ3v) is 7.20. The first kappa shape index (κ1) is 25.2. The van der Waals surface area contributed by atoms with Crippen LogP contribution in [0.2, 0.25) is 0 Å². The Morgan fingerprint density at radius 3 is 2.66 bits per heavy atom. The summed E-state index contributed by atoms with van der Waals surface area (Å²) in [5.74, 6) is 1.28. The van der Waals surface area contributed by atoms with Gasteiger partial charge in [0.2, 0.25) is 12.7 Å². The number of ether oxygens (including phenoxy) is 2. The van der Waals surface area contributed by atoms with E-state index in [0.29, 0.717) is 16.6 Å². The zero-order valence-corrected chi connectivity index (χ0v) is 22.2. The van der Waals surface area contributed by atoms with Crippen LogP contribution < -0.4 is 14.8 Å². The second-order valence-corrected chi connectivity index (χ2v) is 10.2. The minimum atomic E-state index is -0.109. The number of carbonyl (C=O) groups excluding carboxylic acids is 2. The molecule has 1 amide bonds. The summed E-state index contributed by atoms with van der Waals surface area (Å²) < 4.78 is 12.8. The van der Waals surface area contributed by atoms with Gasteiger partial charge >= 0.3 is 0 Å². The van der Waals surface area contributed by atoms with Crippen LogP contribution in [0, 0.1) is 13.8 Å². The van der Waals surface area contributed by atoms with Crippen molar-refractivity contribution in [3.05, 3.63) is 94.5 Å². The van der Waals surface area contributed by atoms with E-state index < -0.39 is 0 Å². The van der Waals surface area contributed by atoms with Gasteiger partial charge in [-0.1, -0.05) is 36.4 Å². The maximum atomic E-state index is 12.5. The number of fused-ring (bicyclic) bond motifs is 2. The quantitative estimate of drug-likeness (QED) is 0.271. The standard InChI is InChI=1S/C22H19N3O3S.C8H8O/c1-13-21(16-4-5-17-15(11-16)7-8-25(17)2)24-22(29-13)23-20(26)10-14-3-6-18-19(9-14)28-12-27-18;1-7-4-2-3-5-8(7)6-9/h3-9,11H,10,12H2,1-2H3,(H,23,24,26);2-6H,1H3. The van der Waals surface area contributed by atoms with E-state index in [-0.39, 0.29) is 19.1 Å². The topological polar surface area (TPSA) is 82.5 Å². The van der Waals surface area contributed by atoms with Gasteiger partial charge in [-0.15, -0.1) is 11.3 Å². The molecule has 0 unspecified atom stereocenters. The number of nitrogens with zero attached hydrogens (tertiary/aromatic N) is 2. The number of nitrogens with one attached hydrogen (secondary N) is 1. The van der Waals surface area contributed by atoms with Gasteiger partial charge in [-0.2, -0.15) is 0 Å². The number of amides is 1. The summed E-state index contributed by atoms with van der Waals surface area (Å²) in [5, 5.41) is 4.70. The van der Waals surface area contributed by atoms with Crippen LogP contribution in [0.15, 0.2) is 72.9 Å². The van der Waals surface area contributed by atoms with Crippen LogP contribution in [-0.2, 0) is 18.3 Å². The highest BCUT2D eigenvalue weighted by molar-refractivity contribution is 7.16. The molecular weight excluding hydrogens is 498 g/mol. The minimum absolute atomic E-state index is 0.109. The monoisotopic (exact) mass is 525 g/mol. The number of hydrogen-bond donors (Lipinski definition) is 1. The highest BCUT2D eigenvalue weighted by Crippen LogP contribution is 2.34. The van der Waals surface area contributed by atoms with Gasteiger partial charge in [0.25, 0.3) is 0 Å². The van der Waals surface area contributed by atoms with Gasteiger partial charge in [0.05, 0.1) is 12.1 Å². The molecule has 0 bridgehead atoms. The molecule has 3 aromatic carbocycles. The van der Waals surface area contributed by atoms with Gasteiger partial charge in [-0.3, -0.25) is 9.59 Å². The summed E-state index contributed by atoms with van der Waals surface area (Å²) in [4.78, 5) is 28.5. The van der Waals surface area contributed by atoms with E-state index >= 15 is 0 Å². The van der Waals surface area contributed by atoms with Gasteiger partial charge in [0.15, 0.2) is 16.6 Å². The summed E-state index contributed by atoms with van der Waals surface area (Å²) in [7, 11) is 2.03. The molecule has 2 aromatic heterocycles. The Balaban J connectivity index is 0.000000278. The lowest BCUT2D eigenvalue weighted by atomic mass is 10.1. The fraction of sp³-hybridized carbons (Fsp3) is 0.167. The molecule has 0 spiro atoms. The fourth-order valence-corrected chi connectivity index (χ4v) is 5.12. The normalized spacial score (nSPS) is 11.7. The van der Waals surface area contributed by atoms with E-state index in [4.69, 9.17) is 9.47 Å². The molecule has 0 radical (unpaired) electrons. The van der Waals surface area contributed by atoms with Crippen LogP contribution in [0.25, 0.3) is 22.2 Å². The lowest BCUT2D eigenvalue weighted by Gasteiger charge is -2.04. The summed E-state index contributed by atoms with van der Waals surface area (Å²) in [6, 6.07) is 21.5. The number of carbonyl (C=O) groups is 2. The van der Waals surface area contributed by atoms with Gasteiger partial charge < -0.3 is 19.4 Å². The van der Waals surface area contributed by atoms with E-state index in [9.17, 15) is 9.59 Å². The van der Waals surface area contributed by atoms with Crippen molar-refractivity contribution in [3.63, 3.8) is 0 Å². The van der Waals surface area contributed by atoms with Gasteiger partial charge in [0.1, 0.15) is 6.29 Å². The van der Waals surface area contributed by atoms with E-state index in [0.717, 1.165) is 39.1 Å². The smallest absolute Gasteiger partial charge is 0.231 e. The minimum Gasteiger partial charge on any atom is -0.454 e. The number of rotatable bonds is 5. The number of aromatic nitrogens is 2. The summed E-state index contributed by atoms with van der Waals surface area (Å²) in [5.41, 5.74) is 5.81. The van der Waals surface area contributed by atoms with Crippen molar-refractivity contribution in [3.8, 4) is 22.8 Å². The second kappa shape index (κ2) is 10.9. The Bertz CT molecular complexity index is 1640. The average molecular weight is 526 g/mol. The number of benzene rings is 3. The number of aldehydes is 1. The zero-order chi connectivity index (χ0) is 26.6. The van der Waals surface area contributed by atoms with Crippen molar-refractivity contribution in [2.75, 3.05) is 12.1 Å². The Labute approximate surface area is 224 Å². The SMILES string of the molecule is Cc1ccccc1C=O.Cc1sc(NC(=O)Cc2ccc3c(c2)OCO3)nc1-c1ccc2c(ccn2C)c1. The first-order valence-electron chi connectivity index (χ1n) is 12.1. The first-order chi connectivity index (χ1) is 18.4. The van der Waals surface area contributed by atoms with Crippen molar-refractivity contribution >= 4 is 39.6 Å². The zero-order valence-electron chi connectivity index (χ0n) is 21.4. The summed E-state index contributed by atoms with van der Waals surface area (Å²) in [6.45, 7) is 4.17. The van der Waals surface area contributed by atoms with Gasteiger partial charge in [0, 0.05) is 40.2 Å². The number of hydrogen-bond acceptors (Lipinski definition) is 6. The van der Waals surface area contributed by atoms with E-state index in [1.54, 1.807) is 0 Å². The molecule has 8 heteroatoms. The third kappa shape index (κ3) is 5.45. The average Bonchev–Trinajstić information content (AvgIpc) is 3.63. The molecule has 5 aromatic rings. The van der Waals surface area contributed by atoms with Crippen LogP contribution >= 0.6 is 11.3 Å². The molecule has 0 atom stereocenters. The van der Waals surface area contributed by atoms with Crippen molar-refractivity contribution in [1.82, 2.24) is 9.55 Å². The predicted octanol–water partition coefficient (Wildman–Crippen LogP) is 6.33. The summed E-state index contributed by atoms with van der Waals surface area (Å²) in [6.07, 6.45) is 3.17. The molecule has 3 heterocycles. The Kier molecular flexibility index (Phi) is 7.24. The van der Waals surface area contributed by atoms with Crippen molar-refractivity contribution < 1.29 is 19.1 Å². The molecule has 0 aliphatic carbocycles. The van der Waals surface area contributed by atoms with Gasteiger partial charge in [-0.25, -0.2) is 4.98 Å². The van der Waals surface area contributed by atoms with E-state index in [1.165, 1.54) is 22.2 Å². The molecule has 0 fully saturated rings. The molecule has 0 saturated heterocycles. The van der Waals surface area contributed by atoms with Crippen molar-refractivity contribution in [2.24, 2.45) is 7.05 Å². The van der Waals surface area contributed by atoms with E-state index in [1.807, 2.05) is 69.6 Å². The molecule has 6 rings (SSSR count). The highest BCUT2D eigenvalue weighted by atomic mass is 32.1. The molecular formula is C30H27N3O4S. The predicted molar refractivity (Wildman–Crippen MR) is 150 cm³/mol. The van der Waals surface area contributed by atoms with Crippen LogP contribution in [-0.4, -0.2) is 28.5 Å². The maximum Gasteiger partial charge on any atom is 0.231 e. The van der Waals surface area contributed by atoms with Crippen LogP contribution in [0.5, 0.6) is 11.5 Å². The molecule has 1 aliphatic heterocycles. The number of aryl methyl sites for hydroxylation is 3. The largest absolute Gasteiger partial charge is 0.454 e. The highest BCUT2D eigenvalue weighted by Gasteiger charge is 2.16. The number of thiazole rings is 1. The molecule has 38 heavy (non-hydrogen) atoms. The molecule has 192 valence electrons. The molecule has 1 N–H and O–H groups in total. The Morgan fingerprint density at radius 1 is 1.05 bits per heavy atom. The van der Waals surface area contributed by atoms with Crippen molar-refractivity contribution in [1.29, 1.82) is 0 Å². The number of anilines is 1. The van der Waals surface area contributed by atoms with Crippen LogP contribution in [0.1, 0.15) is 26.4 Å². The van der Waals surface area contributed by atoms with Gasteiger partial charge in [-0.05, 0) is 55.3 Å². The van der Waals surface area contributed by atoms with E-state index in [2.05, 4.69) is 39.1 Å². The molecule has 0 saturated carbocycles. The first-order valence-corrected chi connectivity index (χ1v) is 12.9. The van der Waals surface area contributed by atoms with Crippen molar-refractivity contribution in [2.45, 2.75) is 20.3 Å². The van der Waals surface area contributed by atoms with Crippen LogP contribution in [0.4, 0.5) is 5.13 Å². The lowest BCUT2D eigenvalue weighted by molar-refractivity contribution is -0.115. The summed E-state index contributed by atoms with van der Waals surface area (Å²) >= 11 is 1.49. The molecule has 7 nitrogen and oxygen atoms in total. The maximum absolute atomic E-state index is 12.5. The molecule has 1 aliphatic rings. The second-order valence-electron chi connectivity index (χ2n) is 9.01. The fourth-order valence-electron chi connectivity index (χ4n) is 4.27.